The fourth-order valence-corrected chi connectivity index (χ4v) is 3.79. The number of aromatic nitrogens is 2. The van der Waals surface area contributed by atoms with Gasteiger partial charge in [-0.25, -0.2) is 0 Å². The predicted molar refractivity (Wildman–Crippen MR) is 123 cm³/mol. The molecule has 0 spiro atoms. The molecule has 0 bridgehead atoms. The van der Waals surface area contributed by atoms with Gasteiger partial charge in [-0.2, -0.15) is 9.78 Å². The molecule has 1 amide bonds. The van der Waals surface area contributed by atoms with E-state index in [2.05, 4.69) is 10.4 Å². The Morgan fingerprint density at radius 3 is 2.32 bits per heavy atom. The molecule has 0 saturated carbocycles. The van der Waals surface area contributed by atoms with Crippen LogP contribution in [0.5, 0.6) is 0 Å². The van der Waals surface area contributed by atoms with Gasteiger partial charge < -0.3 is 5.32 Å². The summed E-state index contributed by atoms with van der Waals surface area (Å²) in [6.07, 6.45) is 0. The van der Waals surface area contributed by atoms with Crippen LogP contribution in [-0.2, 0) is 6.54 Å². The summed E-state index contributed by atoms with van der Waals surface area (Å²) in [5, 5.41) is 8.67. The first-order valence-corrected chi connectivity index (χ1v) is 10.7. The van der Waals surface area contributed by atoms with Crippen LogP contribution in [0.1, 0.15) is 15.9 Å². The summed E-state index contributed by atoms with van der Waals surface area (Å²) in [5.74, 6) is -0.178. The first-order valence-electron chi connectivity index (χ1n) is 9.55. The summed E-state index contributed by atoms with van der Waals surface area (Å²) in [6.45, 7) is 0.451. The van der Waals surface area contributed by atoms with Gasteiger partial charge in [0.15, 0.2) is 0 Å². The van der Waals surface area contributed by atoms with Crippen LogP contribution in [0.2, 0.25) is 5.02 Å². The van der Waals surface area contributed by atoms with E-state index in [0.29, 0.717) is 27.8 Å². The number of carbonyl (C=O) groups is 1. The summed E-state index contributed by atoms with van der Waals surface area (Å²) < 4.78 is 1.32. The average molecular weight is 448 g/mol. The highest BCUT2D eigenvalue weighted by atomic mass is 35.5. The van der Waals surface area contributed by atoms with E-state index in [1.54, 1.807) is 30.3 Å². The Morgan fingerprint density at radius 2 is 1.61 bits per heavy atom. The molecule has 4 rings (SSSR count). The smallest absolute Gasteiger partial charge is 0.271 e. The second kappa shape index (κ2) is 9.64. The standard InChI is InChI=1S/C24H18ClN3O2S/c25-19-8-12-21(13-9-19)31-22-14-15-23(29)28(27-22)20-10-6-18(7-11-20)24(30)26-16-17-4-2-1-3-5-17/h1-15H,16H2,(H,26,30). The van der Waals surface area contributed by atoms with E-state index < -0.39 is 0 Å². The van der Waals surface area contributed by atoms with E-state index in [0.717, 1.165) is 10.5 Å². The molecule has 0 fully saturated rings. The minimum Gasteiger partial charge on any atom is -0.348 e. The number of hydrogen-bond acceptors (Lipinski definition) is 4. The van der Waals surface area contributed by atoms with Crippen molar-refractivity contribution >= 4 is 29.3 Å². The maximum absolute atomic E-state index is 12.4. The molecular weight excluding hydrogens is 430 g/mol. The Balaban J connectivity index is 1.48. The normalized spacial score (nSPS) is 10.6. The average Bonchev–Trinajstić information content (AvgIpc) is 2.81. The van der Waals surface area contributed by atoms with Gasteiger partial charge in [-0.3, -0.25) is 9.59 Å². The van der Waals surface area contributed by atoms with Crippen molar-refractivity contribution < 1.29 is 4.79 Å². The summed E-state index contributed by atoms with van der Waals surface area (Å²) in [7, 11) is 0. The van der Waals surface area contributed by atoms with Gasteiger partial charge in [0.05, 0.1) is 5.69 Å². The molecule has 0 saturated heterocycles. The molecule has 5 nitrogen and oxygen atoms in total. The zero-order valence-corrected chi connectivity index (χ0v) is 17.9. The number of benzene rings is 3. The Morgan fingerprint density at radius 1 is 0.903 bits per heavy atom. The molecule has 31 heavy (non-hydrogen) atoms. The van der Waals surface area contributed by atoms with Gasteiger partial charge in [0.2, 0.25) is 0 Å². The molecule has 1 N–H and O–H groups in total. The zero-order valence-electron chi connectivity index (χ0n) is 16.4. The fraction of sp³-hybridized carbons (Fsp3) is 0.0417. The van der Waals surface area contributed by atoms with Crippen LogP contribution in [0.25, 0.3) is 5.69 Å². The quantitative estimate of drug-likeness (QED) is 0.453. The molecule has 0 unspecified atom stereocenters. The van der Waals surface area contributed by atoms with Crippen LogP contribution in [0.3, 0.4) is 0 Å². The van der Waals surface area contributed by atoms with E-state index in [9.17, 15) is 9.59 Å². The van der Waals surface area contributed by atoms with E-state index in [1.165, 1.54) is 22.5 Å². The first kappa shape index (κ1) is 20.9. The monoisotopic (exact) mass is 447 g/mol. The van der Waals surface area contributed by atoms with Gasteiger partial charge in [-0.1, -0.05) is 53.7 Å². The van der Waals surface area contributed by atoms with E-state index >= 15 is 0 Å². The van der Waals surface area contributed by atoms with Gasteiger partial charge in [0, 0.05) is 28.1 Å². The zero-order chi connectivity index (χ0) is 21.6. The molecule has 1 aromatic heterocycles. The summed E-state index contributed by atoms with van der Waals surface area (Å²) >= 11 is 7.36. The molecule has 0 aliphatic rings. The number of hydrogen-bond donors (Lipinski definition) is 1. The van der Waals surface area contributed by atoms with Crippen LogP contribution in [0, 0.1) is 0 Å². The SMILES string of the molecule is O=C(NCc1ccccc1)c1ccc(-n2nc(Sc3ccc(Cl)cc3)ccc2=O)cc1. The lowest BCUT2D eigenvalue weighted by atomic mass is 10.2. The Labute approximate surface area is 188 Å². The van der Waals surface area contributed by atoms with E-state index in [4.69, 9.17) is 11.6 Å². The number of carbonyl (C=O) groups excluding carboxylic acids is 1. The predicted octanol–water partition coefficient (Wildman–Crippen LogP) is 4.97. The van der Waals surface area contributed by atoms with Crippen molar-refractivity contribution in [1.82, 2.24) is 15.1 Å². The number of amides is 1. The van der Waals surface area contributed by atoms with Gasteiger partial charge in [-0.05, 0) is 60.2 Å². The van der Waals surface area contributed by atoms with Crippen molar-refractivity contribution in [3.8, 4) is 5.69 Å². The third-order valence-corrected chi connectivity index (χ3v) is 5.67. The van der Waals surface area contributed by atoms with Gasteiger partial charge in [0.1, 0.15) is 5.03 Å². The highest BCUT2D eigenvalue weighted by Crippen LogP contribution is 2.26. The van der Waals surface area contributed by atoms with E-state index in [1.807, 2.05) is 54.6 Å². The van der Waals surface area contributed by atoms with Crippen molar-refractivity contribution in [1.29, 1.82) is 0 Å². The van der Waals surface area contributed by atoms with Crippen molar-refractivity contribution in [3.63, 3.8) is 0 Å². The first-order chi connectivity index (χ1) is 15.1. The van der Waals surface area contributed by atoms with Crippen molar-refractivity contribution in [3.05, 3.63) is 117 Å². The topological polar surface area (TPSA) is 64.0 Å². The Hall–Kier alpha value is -3.35. The highest BCUT2D eigenvalue weighted by Gasteiger charge is 2.09. The van der Waals surface area contributed by atoms with Gasteiger partial charge >= 0.3 is 0 Å². The largest absolute Gasteiger partial charge is 0.348 e. The lowest BCUT2D eigenvalue weighted by Gasteiger charge is -2.09. The van der Waals surface area contributed by atoms with Gasteiger partial charge in [-0.15, -0.1) is 0 Å². The van der Waals surface area contributed by atoms with Crippen molar-refractivity contribution in [2.45, 2.75) is 16.5 Å². The third-order valence-electron chi connectivity index (χ3n) is 4.48. The van der Waals surface area contributed by atoms with Gasteiger partial charge in [0.25, 0.3) is 11.5 Å². The summed E-state index contributed by atoms with van der Waals surface area (Å²) in [4.78, 5) is 25.7. The van der Waals surface area contributed by atoms with Crippen LogP contribution in [-0.4, -0.2) is 15.7 Å². The number of halogens is 1. The molecule has 0 radical (unpaired) electrons. The molecule has 0 aliphatic heterocycles. The molecule has 3 aromatic carbocycles. The Bertz CT molecular complexity index is 1240. The second-order valence-electron chi connectivity index (χ2n) is 6.69. The maximum Gasteiger partial charge on any atom is 0.271 e. The highest BCUT2D eigenvalue weighted by molar-refractivity contribution is 7.99. The minimum absolute atomic E-state index is 0.178. The second-order valence-corrected chi connectivity index (χ2v) is 8.22. The summed E-state index contributed by atoms with van der Waals surface area (Å²) in [5.41, 5.74) is 1.88. The minimum atomic E-state index is -0.248. The molecule has 4 aromatic rings. The molecule has 0 aliphatic carbocycles. The molecule has 1 heterocycles. The third kappa shape index (κ3) is 5.42. The Kier molecular flexibility index (Phi) is 6.50. The lowest BCUT2D eigenvalue weighted by Crippen LogP contribution is -2.23. The van der Waals surface area contributed by atoms with Crippen LogP contribution >= 0.6 is 23.4 Å². The molecule has 0 atom stereocenters. The molecule has 7 heteroatoms. The maximum atomic E-state index is 12.4. The lowest BCUT2D eigenvalue weighted by molar-refractivity contribution is 0.0951. The van der Waals surface area contributed by atoms with Crippen LogP contribution in [0.15, 0.2) is 106 Å². The number of nitrogens with one attached hydrogen (secondary N) is 1. The van der Waals surface area contributed by atoms with Crippen molar-refractivity contribution in [2.24, 2.45) is 0 Å². The number of nitrogens with zero attached hydrogens (tertiary/aromatic N) is 2. The molecular formula is C24H18ClN3O2S. The summed E-state index contributed by atoms with van der Waals surface area (Å²) in [6, 6.07) is 27.1. The van der Waals surface area contributed by atoms with Crippen LogP contribution < -0.4 is 10.9 Å². The fourth-order valence-electron chi connectivity index (χ4n) is 2.89. The number of rotatable bonds is 6. The molecule has 154 valence electrons. The van der Waals surface area contributed by atoms with Crippen LogP contribution in [0.4, 0.5) is 0 Å². The van der Waals surface area contributed by atoms with Crippen molar-refractivity contribution in [2.75, 3.05) is 0 Å². The van der Waals surface area contributed by atoms with E-state index in [-0.39, 0.29) is 11.5 Å².